The quantitative estimate of drug-likeness (QED) is 0.523. The maximum Gasteiger partial charge on any atom is 0.338 e. The van der Waals surface area contributed by atoms with E-state index in [-0.39, 0.29) is 6.61 Å². The van der Waals surface area contributed by atoms with E-state index in [2.05, 4.69) is 0 Å². The Kier molecular flexibility index (Phi) is 4.80. The number of aryl methyl sites for hydroxylation is 3. The first-order chi connectivity index (χ1) is 12.4. The number of methoxy groups -OCH3 is 1. The number of rotatable bonds is 4. The van der Waals surface area contributed by atoms with Crippen LogP contribution in [0.15, 0.2) is 45.6 Å². The van der Waals surface area contributed by atoms with Gasteiger partial charge in [-0.3, -0.25) is 0 Å². The molecule has 0 aliphatic rings. The van der Waals surface area contributed by atoms with E-state index in [1.807, 2.05) is 32.9 Å². The molecule has 0 saturated carbocycles. The van der Waals surface area contributed by atoms with E-state index in [9.17, 15) is 9.59 Å². The van der Waals surface area contributed by atoms with Crippen molar-refractivity contribution >= 4 is 16.9 Å². The van der Waals surface area contributed by atoms with E-state index in [0.717, 1.165) is 22.1 Å². The van der Waals surface area contributed by atoms with Crippen molar-refractivity contribution in [2.24, 2.45) is 0 Å². The molecule has 1 heterocycles. The Morgan fingerprint density at radius 3 is 2.46 bits per heavy atom. The lowest BCUT2D eigenvalue weighted by Crippen LogP contribution is -2.08. The molecule has 0 unspecified atom stereocenters. The smallest absolute Gasteiger partial charge is 0.338 e. The molecule has 3 aromatic rings. The number of fused-ring (bicyclic) bond motifs is 1. The normalized spacial score (nSPS) is 10.8. The van der Waals surface area contributed by atoms with Crippen molar-refractivity contribution in [1.82, 2.24) is 0 Å². The van der Waals surface area contributed by atoms with Crippen LogP contribution in [0.25, 0.3) is 11.0 Å². The molecular weight excluding hydrogens is 332 g/mol. The lowest BCUT2D eigenvalue weighted by atomic mass is 10.0. The zero-order chi connectivity index (χ0) is 18.8. The summed E-state index contributed by atoms with van der Waals surface area (Å²) in [5.41, 5.74) is 4.07. The summed E-state index contributed by atoms with van der Waals surface area (Å²) < 4.78 is 15.9. The van der Waals surface area contributed by atoms with Gasteiger partial charge in [0, 0.05) is 17.0 Å². The van der Waals surface area contributed by atoms with Gasteiger partial charge in [0.05, 0.1) is 12.7 Å². The van der Waals surface area contributed by atoms with Gasteiger partial charge in [-0.15, -0.1) is 0 Å². The van der Waals surface area contributed by atoms with E-state index in [1.54, 1.807) is 25.3 Å². The summed E-state index contributed by atoms with van der Waals surface area (Å²) in [6.07, 6.45) is 0. The molecule has 26 heavy (non-hydrogen) atoms. The lowest BCUT2D eigenvalue weighted by Gasteiger charge is -2.10. The molecule has 0 aliphatic heterocycles. The summed E-state index contributed by atoms with van der Waals surface area (Å²) >= 11 is 0. The molecule has 5 heteroatoms. The monoisotopic (exact) mass is 352 g/mol. The first-order valence-corrected chi connectivity index (χ1v) is 8.25. The van der Waals surface area contributed by atoms with Gasteiger partial charge < -0.3 is 13.9 Å². The Hall–Kier alpha value is -3.08. The average molecular weight is 352 g/mol. The highest BCUT2D eigenvalue weighted by molar-refractivity contribution is 5.90. The van der Waals surface area contributed by atoms with Gasteiger partial charge in [0.2, 0.25) is 0 Å². The minimum atomic E-state index is -0.478. The van der Waals surface area contributed by atoms with Gasteiger partial charge in [0.15, 0.2) is 0 Å². The Balaban J connectivity index is 1.89. The van der Waals surface area contributed by atoms with E-state index >= 15 is 0 Å². The highest BCUT2D eigenvalue weighted by Crippen LogP contribution is 2.23. The molecule has 2 aromatic carbocycles. The number of carbonyl (C=O) groups is 1. The summed E-state index contributed by atoms with van der Waals surface area (Å²) in [5.74, 6) is 0.143. The molecule has 5 nitrogen and oxygen atoms in total. The van der Waals surface area contributed by atoms with Gasteiger partial charge in [-0.1, -0.05) is 6.07 Å². The topological polar surface area (TPSA) is 65.7 Å². The van der Waals surface area contributed by atoms with Crippen molar-refractivity contribution in [2.75, 3.05) is 7.11 Å². The molecule has 0 atom stereocenters. The SMILES string of the molecule is COc1cc(C(=O)OCc2cc(=O)oc3cc(C)c(C)cc23)ccc1C. The minimum absolute atomic E-state index is 0.0143. The van der Waals surface area contributed by atoms with E-state index in [0.29, 0.717) is 22.5 Å². The highest BCUT2D eigenvalue weighted by Gasteiger charge is 2.13. The fraction of sp³-hybridized carbons (Fsp3) is 0.238. The molecule has 0 spiro atoms. The highest BCUT2D eigenvalue weighted by atomic mass is 16.5. The van der Waals surface area contributed by atoms with Crippen molar-refractivity contribution < 1.29 is 18.7 Å². The summed E-state index contributed by atoms with van der Waals surface area (Å²) in [6.45, 7) is 5.81. The van der Waals surface area contributed by atoms with E-state index < -0.39 is 11.6 Å². The van der Waals surface area contributed by atoms with Gasteiger partial charge in [-0.2, -0.15) is 0 Å². The third-order valence-electron chi connectivity index (χ3n) is 4.45. The molecule has 134 valence electrons. The van der Waals surface area contributed by atoms with E-state index in [4.69, 9.17) is 13.9 Å². The van der Waals surface area contributed by atoms with Crippen LogP contribution in [0.4, 0.5) is 0 Å². The zero-order valence-electron chi connectivity index (χ0n) is 15.2. The van der Waals surface area contributed by atoms with Crippen LogP contribution in [-0.2, 0) is 11.3 Å². The molecule has 0 saturated heterocycles. The Morgan fingerprint density at radius 1 is 1.00 bits per heavy atom. The van der Waals surface area contributed by atoms with Crippen LogP contribution in [0.3, 0.4) is 0 Å². The minimum Gasteiger partial charge on any atom is -0.496 e. The van der Waals surface area contributed by atoms with Crippen molar-refractivity contribution in [1.29, 1.82) is 0 Å². The number of hydrogen-bond donors (Lipinski definition) is 0. The second kappa shape index (κ2) is 7.04. The Morgan fingerprint density at radius 2 is 1.73 bits per heavy atom. The molecule has 0 radical (unpaired) electrons. The number of hydrogen-bond acceptors (Lipinski definition) is 5. The first-order valence-electron chi connectivity index (χ1n) is 8.25. The fourth-order valence-electron chi connectivity index (χ4n) is 2.78. The third kappa shape index (κ3) is 3.47. The molecular formula is C21H20O5. The predicted molar refractivity (Wildman–Crippen MR) is 98.8 cm³/mol. The second-order valence-electron chi connectivity index (χ2n) is 6.28. The molecule has 0 aliphatic carbocycles. The molecule has 0 fully saturated rings. The van der Waals surface area contributed by atoms with Crippen LogP contribution < -0.4 is 10.4 Å². The van der Waals surface area contributed by atoms with Crippen LogP contribution in [0.2, 0.25) is 0 Å². The number of carbonyl (C=O) groups excluding carboxylic acids is 1. The Labute approximate surface area is 151 Å². The summed E-state index contributed by atoms with van der Waals surface area (Å²) in [4.78, 5) is 24.2. The second-order valence-corrected chi connectivity index (χ2v) is 6.28. The molecule has 0 bridgehead atoms. The van der Waals surface area contributed by atoms with Gasteiger partial charge in [0.25, 0.3) is 0 Å². The largest absolute Gasteiger partial charge is 0.496 e. The molecule has 3 rings (SSSR count). The zero-order valence-corrected chi connectivity index (χ0v) is 15.2. The van der Waals surface area contributed by atoms with Crippen molar-refractivity contribution in [2.45, 2.75) is 27.4 Å². The standard InChI is InChI=1S/C21H20O5/c1-12-5-6-15(9-18(12)24-4)21(23)25-11-16-10-20(22)26-19-8-14(3)13(2)7-17(16)19/h5-10H,11H2,1-4H3. The van der Waals surface area contributed by atoms with Crippen molar-refractivity contribution in [3.05, 3.63) is 74.6 Å². The van der Waals surface area contributed by atoms with Crippen LogP contribution in [0.5, 0.6) is 5.75 Å². The van der Waals surface area contributed by atoms with Crippen LogP contribution >= 0.6 is 0 Å². The molecule has 0 amide bonds. The summed E-state index contributed by atoms with van der Waals surface area (Å²) in [5, 5.41) is 0.766. The summed E-state index contributed by atoms with van der Waals surface area (Å²) in [6, 6.07) is 10.2. The number of esters is 1. The number of ether oxygens (including phenoxy) is 2. The summed E-state index contributed by atoms with van der Waals surface area (Å²) in [7, 11) is 1.55. The fourth-order valence-corrected chi connectivity index (χ4v) is 2.78. The molecule has 1 aromatic heterocycles. The van der Waals surface area contributed by atoms with Crippen LogP contribution in [0, 0.1) is 20.8 Å². The van der Waals surface area contributed by atoms with Gasteiger partial charge in [-0.25, -0.2) is 9.59 Å². The van der Waals surface area contributed by atoms with Crippen molar-refractivity contribution in [3.8, 4) is 5.75 Å². The Bertz CT molecular complexity index is 1050. The first kappa shape index (κ1) is 17.7. The number of benzene rings is 2. The molecule has 0 N–H and O–H groups in total. The van der Waals surface area contributed by atoms with E-state index in [1.165, 1.54) is 6.07 Å². The van der Waals surface area contributed by atoms with Gasteiger partial charge in [-0.05, 0) is 61.7 Å². The van der Waals surface area contributed by atoms with Gasteiger partial charge in [0.1, 0.15) is 17.9 Å². The lowest BCUT2D eigenvalue weighted by molar-refractivity contribution is 0.0473. The third-order valence-corrected chi connectivity index (χ3v) is 4.45. The van der Waals surface area contributed by atoms with Crippen molar-refractivity contribution in [3.63, 3.8) is 0 Å². The maximum atomic E-state index is 12.4. The predicted octanol–water partition coefficient (Wildman–Crippen LogP) is 4.08. The van der Waals surface area contributed by atoms with Crippen LogP contribution in [-0.4, -0.2) is 13.1 Å². The van der Waals surface area contributed by atoms with Gasteiger partial charge >= 0.3 is 11.6 Å². The van der Waals surface area contributed by atoms with Crippen LogP contribution in [0.1, 0.15) is 32.6 Å². The maximum absolute atomic E-state index is 12.4. The average Bonchev–Trinajstić information content (AvgIpc) is 2.61.